The van der Waals surface area contributed by atoms with Crippen molar-refractivity contribution in [3.63, 3.8) is 0 Å². The van der Waals surface area contributed by atoms with E-state index in [1.165, 1.54) is 6.07 Å². The first-order valence-electron chi connectivity index (χ1n) is 8.81. The average molecular weight is 388 g/mol. The number of rotatable bonds is 6. The number of benzene rings is 2. The van der Waals surface area contributed by atoms with Crippen molar-refractivity contribution >= 4 is 21.6 Å². The molecule has 2 aromatic rings. The monoisotopic (exact) mass is 388 g/mol. The Morgan fingerprint density at radius 2 is 1.85 bits per heavy atom. The molecule has 0 unspecified atom stereocenters. The maximum absolute atomic E-state index is 12.6. The Kier molecular flexibility index (Phi) is 5.53. The number of aryl methyl sites for hydroxylation is 2. The number of nitrogens with one attached hydrogen (secondary N) is 1. The van der Waals surface area contributed by atoms with Gasteiger partial charge in [0.25, 0.3) is 0 Å². The van der Waals surface area contributed by atoms with E-state index in [0.29, 0.717) is 18.7 Å². The Hall–Kier alpha value is -2.38. The zero-order valence-electron chi connectivity index (χ0n) is 15.7. The second-order valence-corrected chi connectivity index (χ2v) is 8.66. The van der Waals surface area contributed by atoms with Crippen LogP contribution in [0.25, 0.3) is 0 Å². The second-order valence-electron chi connectivity index (χ2n) is 6.89. The molecule has 0 aromatic heterocycles. The maximum Gasteiger partial charge on any atom is 0.240 e. The SMILES string of the molecule is COc1ccc(S(=O)(=O)NC[C@@H]2CC(=O)N(c3ccc(C)cc3)C2)cc1C. The first-order chi connectivity index (χ1) is 12.8. The lowest BCUT2D eigenvalue weighted by Gasteiger charge is -2.17. The van der Waals surface area contributed by atoms with E-state index in [2.05, 4.69) is 4.72 Å². The van der Waals surface area contributed by atoms with Crippen LogP contribution in [0.4, 0.5) is 5.69 Å². The number of methoxy groups -OCH3 is 1. The minimum Gasteiger partial charge on any atom is -0.496 e. The molecule has 3 rings (SSSR count). The highest BCUT2D eigenvalue weighted by molar-refractivity contribution is 7.89. The molecule has 1 aliphatic rings. The summed E-state index contributed by atoms with van der Waals surface area (Å²) in [5.41, 5.74) is 2.73. The predicted molar refractivity (Wildman–Crippen MR) is 105 cm³/mol. The Balaban J connectivity index is 1.65. The van der Waals surface area contributed by atoms with Crippen molar-refractivity contribution in [3.05, 3.63) is 53.6 Å². The minimum atomic E-state index is -3.64. The summed E-state index contributed by atoms with van der Waals surface area (Å²) in [5, 5.41) is 0. The molecule has 0 radical (unpaired) electrons. The molecular weight excluding hydrogens is 364 g/mol. The zero-order chi connectivity index (χ0) is 19.6. The number of amides is 1. The summed E-state index contributed by atoms with van der Waals surface area (Å²) in [4.78, 5) is 14.2. The Bertz CT molecular complexity index is 939. The smallest absolute Gasteiger partial charge is 0.240 e. The van der Waals surface area contributed by atoms with E-state index in [1.807, 2.05) is 31.2 Å². The molecule has 1 N–H and O–H groups in total. The lowest BCUT2D eigenvalue weighted by molar-refractivity contribution is -0.117. The van der Waals surface area contributed by atoms with Gasteiger partial charge in [-0.2, -0.15) is 0 Å². The Labute approximate surface area is 160 Å². The summed E-state index contributed by atoms with van der Waals surface area (Å²) < 4.78 is 32.9. The number of nitrogens with zero attached hydrogens (tertiary/aromatic N) is 1. The van der Waals surface area contributed by atoms with Gasteiger partial charge in [-0.05, 0) is 55.7 Å². The van der Waals surface area contributed by atoms with Crippen LogP contribution in [-0.4, -0.2) is 34.5 Å². The van der Waals surface area contributed by atoms with Crippen molar-refractivity contribution in [1.29, 1.82) is 0 Å². The molecule has 1 saturated heterocycles. The van der Waals surface area contributed by atoms with Gasteiger partial charge >= 0.3 is 0 Å². The van der Waals surface area contributed by atoms with E-state index in [0.717, 1.165) is 16.8 Å². The van der Waals surface area contributed by atoms with Crippen LogP contribution in [0, 0.1) is 19.8 Å². The van der Waals surface area contributed by atoms with E-state index in [1.54, 1.807) is 31.1 Å². The lowest BCUT2D eigenvalue weighted by atomic mass is 10.1. The molecule has 0 aliphatic carbocycles. The highest BCUT2D eigenvalue weighted by atomic mass is 32.2. The molecule has 6 nitrogen and oxygen atoms in total. The van der Waals surface area contributed by atoms with E-state index >= 15 is 0 Å². The number of ether oxygens (including phenoxy) is 1. The highest BCUT2D eigenvalue weighted by Crippen LogP contribution is 2.26. The van der Waals surface area contributed by atoms with Gasteiger partial charge in [0, 0.05) is 25.2 Å². The topological polar surface area (TPSA) is 75.7 Å². The summed E-state index contributed by atoms with van der Waals surface area (Å²) in [6, 6.07) is 12.5. The normalized spacial score (nSPS) is 17.4. The first-order valence-corrected chi connectivity index (χ1v) is 10.3. The van der Waals surface area contributed by atoms with Crippen molar-refractivity contribution in [3.8, 4) is 5.75 Å². The summed E-state index contributed by atoms with van der Waals surface area (Å²) >= 11 is 0. The van der Waals surface area contributed by atoms with Crippen LogP contribution in [0.5, 0.6) is 5.75 Å². The van der Waals surface area contributed by atoms with Gasteiger partial charge in [0.2, 0.25) is 15.9 Å². The van der Waals surface area contributed by atoms with Crippen molar-refractivity contribution in [2.75, 3.05) is 25.1 Å². The quantitative estimate of drug-likeness (QED) is 0.825. The minimum absolute atomic E-state index is 0.0170. The summed E-state index contributed by atoms with van der Waals surface area (Å²) in [5.74, 6) is 0.598. The largest absolute Gasteiger partial charge is 0.496 e. The fourth-order valence-corrected chi connectivity index (χ4v) is 4.42. The highest BCUT2D eigenvalue weighted by Gasteiger charge is 2.31. The van der Waals surface area contributed by atoms with Gasteiger partial charge < -0.3 is 9.64 Å². The standard InChI is InChI=1S/C20H24N2O4S/c1-14-4-6-17(7-5-14)22-13-16(11-20(22)23)12-21-27(24,25)18-8-9-19(26-3)15(2)10-18/h4-10,16,21H,11-13H2,1-3H3/t16-/m0/s1. The molecule has 1 amide bonds. The van der Waals surface area contributed by atoms with Crippen LogP contribution in [-0.2, 0) is 14.8 Å². The van der Waals surface area contributed by atoms with Crippen LogP contribution in [0.1, 0.15) is 17.5 Å². The lowest BCUT2D eigenvalue weighted by Crippen LogP contribution is -2.31. The van der Waals surface area contributed by atoms with Crippen molar-refractivity contribution in [1.82, 2.24) is 4.72 Å². The van der Waals surface area contributed by atoms with Crippen LogP contribution in [0.2, 0.25) is 0 Å². The molecule has 0 bridgehead atoms. The van der Waals surface area contributed by atoms with Crippen LogP contribution in [0.3, 0.4) is 0 Å². The Morgan fingerprint density at radius 1 is 1.15 bits per heavy atom. The van der Waals surface area contributed by atoms with Gasteiger partial charge in [0.05, 0.1) is 12.0 Å². The summed E-state index contributed by atoms with van der Waals surface area (Å²) in [7, 11) is -2.09. The van der Waals surface area contributed by atoms with Gasteiger partial charge in [0.15, 0.2) is 0 Å². The fourth-order valence-electron chi connectivity index (χ4n) is 3.22. The molecular formula is C20H24N2O4S. The molecule has 1 heterocycles. The summed E-state index contributed by atoms with van der Waals surface area (Å²) in [6.07, 6.45) is 0.331. The third kappa shape index (κ3) is 4.31. The van der Waals surface area contributed by atoms with Gasteiger partial charge in [-0.25, -0.2) is 13.1 Å². The fraction of sp³-hybridized carbons (Fsp3) is 0.350. The maximum atomic E-state index is 12.6. The van der Waals surface area contributed by atoms with Crippen LogP contribution in [0.15, 0.2) is 47.4 Å². The molecule has 27 heavy (non-hydrogen) atoms. The van der Waals surface area contributed by atoms with Crippen molar-refractivity contribution in [2.45, 2.75) is 25.2 Å². The van der Waals surface area contributed by atoms with Gasteiger partial charge in [-0.1, -0.05) is 17.7 Å². The number of anilines is 1. The molecule has 0 saturated carbocycles. The third-order valence-electron chi connectivity index (χ3n) is 4.79. The van der Waals surface area contributed by atoms with E-state index in [9.17, 15) is 13.2 Å². The molecule has 0 spiro atoms. The molecule has 1 atom stereocenters. The van der Waals surface area contributed by atoms with Crippen molar-refractivity contribution < 1.29 is 17.9 Å². The molecule has 1 aliphatic heterocycles. The molecule has 2 aromatic carbocycles. The van der Waals surface area contributed by atoms with E-state index in [-0.39, 0.29) is 23.3 Å². The van der Waals surface area contributed by atoms with Gasteiger partial charge in [0.1, 0.15) is 5.75 Å². The van der Waals surface area contributed by atoms with E-state index < -0.39 is 10.0 Å². The van der Waals surface area contributed by atoms with Crippen LogP contribution >= 0.6 is 0 Å². The van der Waals surface area contributed by atoms with Gasteiger partial charge in [-0.15, -0.1) is 0 Å². The predicted octanol–water partition coefficient (Wildman–Crippen LogP) is 2.64. The Morgan fingerprint density at radius 3 is 2.48 bits per heavy atom. The molecule has 144 valence electrons. The van der Waals surface area contributed by atoms with Crippen molar-refractivity contribution in [2.24, 2.45) is 5.92 Å². The number of carbonyl (C=O) groups is 1. The number of sulfonamides is 1. The number of hydrogen-bond donors (Lipinski definition) is 1. The number of hydrogen-bond acceptors (Lipinski definition) is 4. The first kappa shape index (κ1) is 19.4. The van der Waals surface area contributed by atoms with Crippen LogP contribution < -0.4 is 14.4 Å². The average Bonchev–Trinajstić information content (AvgIpc) is 3.01. The number of carbonyl (C=O) groups excluding carboxylic acids is 1. The molecule has 7 heteroatoms. The second kappa shape index (κ2) is 7.70. The van der Waals surface area contributed by atoms with Gasteiger partial charge in [-0.3, -0.25) is 4.79 Å². The summed E-state index contributed by atoms with van der Waals surface area (Å²) in [6.45, 7) is 4.52. The third-order valence-corrected chi connectivity index (χ3v) is 6.21. The molecule has 1 fully saturated rings. The zero-order valence-corrected chi connectivity index (χ0v) is 16.5. The van der Waals surface area contributed by atoms with E-state index in [4.69, 9.17) is 4.74 Å².